The molecule has 1 N–H and O–H groups in total. The molecule has 0 spiro atoms. The molecular weight excluding hydrogens is 250 g/mol. The largest absolute Gasteiger partial charge is 0.481 e. The van der Waals surface area contributed by atoms with Crippen molar-refractivity contribution in [1.29, 1.82) is 0 Å². The zero-order chi connectivity index (χ0) is 14.4. The number of hydrogen-bond acceptors (Lipinski definition) is 2. The third-order valence-corrected chi connectivity index (χ3v) is 5.51. The maximum Gasteiger partial charge on any atom is 0.310 e. The molecule has 0 bridgehead atoms. The van der Waals surface area contributed by atoms with E-state index in [1.807, 2.05) is 0 Å². The second-order valence-electron chi connectivity index (χ2n) is 7.06. The van der Waals surface area contributed by atoms with Gasteiger partial charge in [0.2, 0.25) is 0 Å². The molecule has 0 aromatic rings. The number of nitrogens with zero attached hydrogens (tertiary/aromatic N) is 1. The van der Waals surface area contributed by atoms with E-state index in [1.165, 1.54) is 51.4 Å². The third kappa shape index (κ3) is 3.97. The first-order valence-electron chi connectivity index (χ1n) is 8.58. The predicted octanol–water partition coefficient (Wildman–Crippen LogP) is 4.07. The average Bonchev–Trinajstić information content (AvgIpc) is 2.81. The molecule has 0 aliphatic heterocycles. The summed E-state index contributed by atoms with van der Waals surface area (Å²) in [6.07, 6.45) is 14.2. The molecule has 116 valence electrons. The number of carboxylic acids is 1. The lowest BCUT2D eigenvalue weighted by Gasteiger charge is -2.36. The fourth-order valence-electron chi connectivity index (χ4n) is 4.15. The number of carboxylic acid groups (broad SMARTS) is 1. The van der Waals surface area contributed by atoms with Gasteiger partial charge in [-0.15, -0.1) is 0 Å². The minimum Gasteiger partial charge on any atom is -0.481 e. The first-order chi connectivity index (χ1) is 9.64. The van der Waals surface area contributed by atoms with Crippen molar-refractivity contribution in [3.8, 4) is 0 Å². The third-order valence-electron chi connectivity index (χ3n) is 5.51. The van der Waals surface area contributed by atoms with Crippen molar-refractivity contribution in [2.75, 3.05) is 13.6 Å². The molecule has 0 radical (unpaired) electrons. The van der Waals surface area contributed by atoms with Crippen molar-refractivity contribution in [1.82, 2.24) is 4.90 Å². The van der Waals surface area contributed by atoms with Crippen LogP contribution in [-0.4, -0.2) is 35.6 Å². The van der Waals surface area contributed by atoms with E-state index >= 15 is 0 Å². The van der Waals surface area contributed by atoms with E-state index in [2.05, 4.69) is 11.9 Å². The van der Waals surface area contributed by atoms with E-state index in [4.69, 9.17) is 0 Å². The second-order valence-corrected chi connectivity index (χ2v) is 7.06. The Morgan fingerprint density at radius 2 is 1.50 bits per heavy atom. The van der Waals surface area contributed by atoms with Crippen LogP contribution in [0.25, 0.3) is 0 Å². The van der Waals surface area contributed by atoms with E-state index in [9.17, 15) is 9.90 Å². The van der Waals surface area contributed by atoms with Crippen molar-refractivity contribution in [2.45, 2.75) is 83.1 Å². The summed E-state index contributed by atoms with van der Waals surface area (Å²) in [5.74, 6) is -0.556. The first-order valence-corrected chi connectivity index (χ1v) is 8.58. The summed E-state index contributed by atoms with van der Waals surface area (Å²) >= 11 is 0. The lowest BCUT2D eigenvalue weighted by atomic mass is 9.79. The number of carbonyl (C=O) groups is 1. The highest BCUT2D eigenvalue weighted by Gasteiger charge is 2.40. The predicted molar refractivity (Wildman–Crippen MR) is 81.9 cm³/mol. The quantitative estimate of drug-likeness (QED) is 0.790. The Balaban J connectivity index is 2.00. The van der Waals surface area contributed by atoms with Crippen LogP contribution < -0.4 is 0 Å². The van der Waals surface area contributed by atoms with Gasteiger partial charge in [0.05, 0.1) is 5.41 Å². The molecule has 0 atom stereocenters. The van der Waals surface area contributed by atoms with Gasteiger partial charge in [0.15, 0.2) is 0 Å². The van der Waals surface area contributed by atoms with Crippen LogP contribution in [0.1, 0.15) is 77.0 Å². The zero-order valence-corrected chi connectivity index (χ0v) is 13.1. The van der Waals surface area contributed by atoms with E-state index in [0.717, 1.165) is 32.2 Å². The van der Waals surface area contributed by atoms with Crippen molar-refractivity contribution < 1.29 is 9.90 Å². The first kappa shape index (κ1) is 15.8. The van der Waals surface area contributed by atoms with Crippen LogP contribution in [0.5, 0.6) is 0 Å². The molecule has 2 saturated carbocycles. The van der Waals surface area contributed by atoms with Crippen molar-refractivity contribution in [3.05, 3.63) is 0 Å². The van der Waals surface area contributed by atoms with Crippen molar-refractivity contribution >= 4 is 5.97 Å². The smallest absolute Gasteiger partial charge is 0.310 e. The lowest BCUT2D eigenvalue weighted by molar-refractivity contribution is -0.151. The van der Waals surface area contributed by atoms with Crippen LogP contribution in [0.2, 0.25) is 0 Å². The lowest BCUT2D eigenvalue weighted by Crippen LogP contribution is -2.45. The highest BCUT2D eigenvalue weighted by atomic mass is 16.4. The van der Waals surface area contributed by atoms with Crippen LogP contribution >= 0.6 is 0 Å². The summed E-state index contributed by atoms with van der Waals surface area (Å²) in [4.78, 5) is 14.3. The molecule has 0 aromatic carbocycles. The van der Waals surface area contributed by atoms with Gasteiger partial charge in [0, 0.05) is 12.6 Å². The number of aliphatic carboxylic acids is 1. The van der Waals surface area contributed by atoms with Crippen LogP contribution in [0.15, 0.2) is 0 Å². The minimum absolute atomic E-state index is 0.475. The van der Waals surface area contributed by atoms with Crippen molar-refractivity contribution in [2.24, 2.45) is 5.41 Å². The Morgan fingerprint density at radius 1 is 1.00 bits per heavy atom. The molecule has 2 aliphatic rings. The van der Waals surface area contributed by atoms with Gasteiger partial charge in [-0.3, -0.25) is 4.79 Å². The SMILES string of the molecule is CN(CC1(C(=O)O)CCCCCC1)C1CCCCCC1. The summed E-state index contributed by atoms with van der Waals surface area (Å²) in [5, 5.41) is 9.79. The molecule has 2 rings (SSSR count). The summed E-state index contributed by atoms with van der Waals surface area (Å²) < 4.78 is 0. The van der Waals surface area contributed by atoms with E-state index in [1.54, 1.807) is 0 Å². The highest BCUT2D eigenvalue weighted by Crippen LogP contribution is 2.37. The molecule has 2 fully saturated rings. The van der Waals surface area contributed by atoms with Gasteiger partial charge in [0.1, 0.15) is 0 Å². The average molecular weight is 281 g/mol. The maximum atomic E-state index is 11.9. The van der Waals surface area contributed by atoms with Gasteiger partial charge in [-0.2, -0.15) is 0 Å². The molecular formula is C17H31NO2. The molecule has 20 heavy (non-hydrogen) atoms. The summed E-state index contributed by atoms with van der Waals surface area (Å²) in [6.45, 7) is 0.757. The maximum absolute atomic E-state index is 11.9. The van der Waals surface area contributed by atoms with Crippen LogP contribution in [0.3, 0.4) is 0 Å². The Bertz CT molecular complexity index is 300. The molecule has 0 aromatic heterocycles. The van der Waals surface area contributed by atoms with Gasteiger partial charge in [-0.25, -0.2) is 0 Å². The molecule has 0 unspecified atom stereocenters. The summed E-state index contributed by atoms with van der Waals surface area (Å²) in [7, 11) is 2.16. The van der Waals surface area contributed by atoms with Gasteiger partial charge in [-0.05, 0) is 32.7 Å². The van der Waals surface area contributed by atoms with E-state index in [0.29, 0.717) is 6.04 Å². The van der Waals surface area contributed by atoms with Crippen LogP contribution in [0.4, 0.5) is 0 Å². The van der Waals surface area contributed by atoms with Gasteiger partial charge < -0.3 is 10.0 Å². The second kappa shape index (κ2) is 7.44. The molecule has 0 saturated heterocycles. The number of rotatable bonds is 4. The van der Waals surface area contributed by atoms with Crippen molar-refractivity contribution in [3.63, 3.8) is 0 Å². The standard InChI is InChI=1S/C17H31NO2/c1-18(15-10-6-2-3-7-11-15)14-17(16(19)20)12-8-4-5-9-13-17/h15H,2-14H2,1H3,(H,19,20). The molecule has 0 amide bonds. The van der Waals surface area contributed by atoms with E-state index < -0.39 is 11.4 Å². The Hall–Kier alpha value is -0.570. The van der Waals surface area contributed by atoms with Gasteiger partial charge in [0.25, 0.3) is 0 Å². The fourth-order valence-corrected chi connectivity index (χ4v) is 4.15. The van der Waals surface area contributed by atoms with Crippen LogP contribution in [0, 0.1) is 5.41 Å². The van der Waals surface area contributed by atoms with Gasteiger partial charge >= 0.3 is 5.97 Å². The zero-order valence-electron chi connectivity index (χ0n) is 13.1. The Labute approximate surface area is 123 Å². The summed E-state index contributed by atoms with van der Waals surface area (Å²) in [6, 6.07) is 0.608. The molecule has 3 nitrogen and oxygen atoms in total. The molecule has 0 heterocycles. The topological polar surface area (TPSA) is 40.5 Å². The van der Waals surface area contributed by atoms with Gasteiger partial charge in [-0.1, -0.05) is 51.4 Å². The fraction of sp³-hybridized carbons (Fsp3) is 0.941. The summed E-state index contributed by atoms with van der Waals surface area (Å²) in [5.41, 5.74) is -0.475. The molecule has 3 heteroatoms. The normalized spacial score (nSPS) is 25.1. The van der Waals surface area contributed by atoms with Crippen LogP contribution in [-0.2, 0) is 4.79 Å². The number of hydrogen-bond donors (Lipinski definition) is 1. The monoisotopic (exact) mass is 281 g/mol. The molecule has 2 aliphatic carbocycles. The Kier molecular flexibility index (Phi) is 5.88. The Morgan fingerprint density at radius 3 is 2.00 bits per heavy atom. The van der Waals surface area contributed by atoms with E-state index in [-0.39, 0.29) is 0 Å². The minimum atomic E-state index is -0.556. The highest BCUT2D eigenvalue weighted by molar-refractivity contribution is 5.75.